The molecule has 0 saturated heterocycles. The van der Waals surface area contributed by atoms with Crippen LogP contribution in [0.2, 0.25) is 5.02 Å². The highest BCUT2D eigenvalue weighted by atomic mass is 35.5. The molecule has 0 atom stereocenters. The van der Waals surface area contributed by atoms with Gasteiger partial charge in [0.25, 0.3) is 5.56 Å². The molecule has 0 aliphatic carbocycles. The number of aromatic nitrogens is 2. The van der Waals surface area contributed by atoms with Crippen LogP contribution < -0.4 is 10.9 Å². The highest BCUT2D eigenvalue weighted by Gasteiger charge is 2.04. The van der Waals surface area contributed by atoms with Crippen LogP contribution in [0.3, 0.4) is 0 Å². The minimum Gasteiger partial charge on any atom is -0.364 e. The van der Waals surface area contributed by atoms with Crippen molar-refractivity contribution < 1.29 is 0 Å². The summed E-state index contributed by atoms with van der Waals surface area (Å²) in [5.41, 5.74) is -0.389. The summed E-state index contributed by atoms with van der Waals surface area (Å²) < 4.78 is 0. The molecular weight excluding hydrogens is 213 g/mol. The first-order chi connectivity index (χ1) is 6.11. The fourth-order valence-corrected chi connectivity index (χ4v) is 0.923. The van der Waals surface area contributed by atoms with Gasteiger partial charge in [0.05, 0.1) is 12.9 Å². The second-order valence-electron chi connectivity index (χ2n) is 2.27. The van der Waals surface area contributed by atoms with Gasteiger partial charge in [-0.3, -0.25) is 4.79 Å². The Balaban J connectivity index is 2.83. The van der Waals surface area contributed by atoms with Crippen molar-refractivity contribution in [3.63, 3.8) is 0 Å². The van der Waals surface area contributed by atoms with Gasteiger partial charge in [-0.1, -0.05) is 29.8 Å². The number of anilines is 1. The van der Waals surface area contributed by atoms with Crippen LogP contribution in [-0.4, -0.2) is 16.5 Å². The zero-order valence-electron chi connectivity index (χ0n) is 6.60. The summed E-state index contributed by atoms with van der Waals surface area (Å²) in [5, 5.41) is 3.19. The first-order valence-electron chi connectivity index (χ1n) is 3.41. The molecule has 0 unspecified atom stereocenters. The van der Waals surface area contributed by atoms with Gasteiger partial charge in [-0.05, 0) is 0 Å². The monoisotopic (exact) mass is 219 g/mol. The fraction of sp³-hybridized carbons (Fsp3) is 0.143. The number of H-pyrrole nitrogens is 1. The summed E-state index contributed by atoms with van der Waals surface area (Å²) in [6.45, 7) is 3.79. The average molecular weight is 220 g/mol. The van der Waals surface area contributed by atoms with Crippen LogP contribution >= 0.6 is 23.2 Å². The van der Waals surface area contributed by atoms with Gasteiger partial charge >= 0.3 is 0 Å². The van der Waals surface area contributed by atoms with Crippen molar-refractivity contribution in [2.75, 3.05) is 11.9 Å². The Morgan fingerprint density at radius 2 is 2.46 bits per heavy atom. The van der Waals surface area contributed by atoms with Crippen LogP contribution in [-0.2, 0) is 0 Å². The van der Waals surface area contributed by atoms with E-state index in [-0.39, 0.29) is 10.6 Å². The Hall–Kier alpha value is -1.00. The van der Waals surface area contributed by atoms with Gasteiger partial charge in [0.1, 0.15) is 5.02 Å². The average Bonchev–Trinajstić information content (AvgIpc) is 2.07. The van der Waals surface area contributed by atoms with Crippen LogP contribution in [0.4, 0.5) is 5.82 Å². The highest BCUT2D eigenvalue weighted by molar-refractivity contribution is 6.32. The van der Waals surface area contributed by atoms with E-state index in [4.69, 9.17) is 23.2 Å². The third-order valence-electron chi connectivity index (χ3n) is 1.24. The van der Waals surface area contributed by atoms with E-state index in [0.717, 1.165) is 0 Å². The van der Waals surface area contributed by atoms with Crippen molar-refractivity contribution in [3.05, 3.63) is 33.3 Å². The predicted octanol–water partition coefficient (Wildman–Crippen LogP) is 1.59. The maximum atomic E-state index is 11.0. The van der Waals surface area contributed by atoms with Crippen LogP contribution in [0, 0.1) is 0 Å². The van der Waals surface area contributed by atoms with E-state index >= 15 is 0 Å². The first kappa shape index (κ1) is 10.1. The van der Waals surface area contributed by atoms with E-state index in [0.29, 0.717) is 17.4 Å². The number of hydrogen-bond acceptors (Lipinski definition) is 3. The quantitative estimate of drug-likeness (QED) is 0.813. The number of nitrogens with zero attached hydrogens (tertiary/aromatic N) is 1. The molecule has 70 valence electrons. The smallest absolute Gasteiger partial charge is 0.271 e. The molecule has 0 bridgehead atoms. The Kier molecular flexibility index (Phi) is 3.33. The standard InChI is InChI=1S/C7H7Cl2N3O/c1-4(8)2-10-6-5(9)7(13)12-3-11-6/h3H,1-2H2,(H2,10,11,12,13). The van der Waals surface area contributed by atoms with Gasteiger partial charge < -0.3 is 10.3 Å². The maximum Gasteiger partial charge on any atom is 0.271 e. The molecule has 13 heavy (non-hydrogen) atoms. The molecule has 0 amide bonds. The van der Waals surface area contributed by atoms with E-state index in [1.54, 1.807) is 0 Å². The lowest BCUT2D eigenvalue weighted by molar-refractivity contribution is 1.10. The van der Waals surface area contributed by atoms with Gasteiger partial charge in [-0.25, -0.2) is 4.98 Å². The summed E-state index contributed by atoms with van der Waals surface area (Å²) in [5.74, 6) is 0.298. The summed E-state index contributed by atoms with van der Waals surface area (Å²) in [4.78, 5) is 17.1. The summed E-state index contributed by atoms with van der Waals surface area (Å²) in [6.07, 6.45) is 1.26. The fourth-order valence-electron chi connectivity index (χ4n) is 0.686. The molecule has 0 fully saturated rings. The van der Waals surface area contributed by atoms with Crippen LogP contribution in [0.1, 0.15) is 0 Å². The number of nitrogens with one attached hydrogen (secondary N) is 2. The van der Waals surface area contributed by atoms with Crippen molar-refractivity contribution in [2.24, 2.45) is 0 Å². The lowest BCUT2D eigenvalue weighted by Crippen LogP contribution is -2.12. The number of aromatic amines is 1. The number of halogens is 2. The van der Waals surface area contributed by atoms with E-state index in [9.17, 15) is 4.79 Å². The first-order valence-corrected chi connectivity index (χ1v) is 4.17. The molecule has 0 saturated carbocycles. The summed E-state index contributed by atoms with van der Waals surface area (Å²) in [6, 6.07) is 0. The third-order valence-corrected chi connectivity index (χ3v) is 1.73. The van der Waals surface area contributed by atoms with Gasteiger partial charge in [0, 0.05) is 5.03 Å². The minimum atomic E-state index is -0.389. The molecule has 1 aromatic rings. The van der Waals surface area contributed by atoms with Crippen molar-refractivity contribution in [3.8, 4) is 0 Å². The molecule has 1 aromatic heterocycles. The second-order valence-corrected chi connectivity index (χ2v) is 3.18. The molecule has 4 nitrogen and oxygen atoms in total. The molecule has 6 heteroatoms. The van der Waals surface area contributed by atoms with E-state index in [1.165, 1.54) is 6.33 Å². The lowest BCUT2D eigenvalue weighted by atomic mass is 10.5. The molecule has 2 N–H and O–H groups in total. The summed E-state index contributed by atoms with van der Waals surface area (Å²) >= 11 is 11.1. The molecule has 0 spiro atoms. The third kappa shape index (κ3) is 2.75. The van der Waals surface area contributed by atoms with Gasteiger partial charge in [-0.15, -0.1) is 0 Å². The molecule has 0 aromatic carbocycles. The number of rotatable bonds is 3. The SMILES string of the molecule is C=C(Cl)CNc1nc[nH]c(=O)c1Cl. The lowest BCUT2D eigenvalue weighted by Gasteiger charge is -2.03. The second kappa shape index (κ2) is 4.30. The molecular formula is C7H7Cl2N3O. The van der Waals surface area contributed by atoms with Crippen LogP contribution in [0.5, 0.6) is 0 Å². The van der Waals surface area contributed by atoms with Crippen molar-refractivity contribution in [1.82, 2.24) is 9.97 Å². The van der Waals surface area contributed by atoms with Crippen molar-refractivity contribution >= 4 is 29.0 Å². The topological polar surface area (TPSA) is 57.8 Å². The van der Waals surface area contributed by atoms with E-state index in [2.05, 4.69) is 21.9 Å². The normalized spacial score (nSPS) is 9.69. The Bertz CT molecular complexity index is 374. The summed E-state index contributed by atoms with van der Waals surface area (Å²) in [7, 11) is 0. The Labute approximate surface area is 84.6 Å². The minimum absolute atomic E-state index is 0.0143. The van der Waals surface area contributed by atoms with Crippen molar-refractivity contribution in [1.29, 1.82) is 0 Å². The van der Waals surface area contributed by atoms with Gasteiger partial charge in [0.2, 0.25) is 0 Å². The zero-order chi connectivity index (χ0) is 9.84. The van der Waals surface area contributed by atoms with Gasteiger partial charge in [0.15, 0.2) is 5.82 Å². The number of hydrogen-bond donors (Lipinski definition) is 2. The van der Waals surface area contributed by atoms with E-state index in [1.807, 2.05) is 0 Å². The highest BCUT2D eigenvalue weighted by Crippen LogP contribution is 2.12. The van der Waals surface area contributed by atoms with E-state index < -0.39 is 0 Å². The molecule has 1 heterocycles. The van der Waals surface area contributed by atoms with Crippen LogP contribution in [0.15, 0.2) is 22.7 Å². The Morgan fingerprint density at radius 3 is 3.08 bits per heavy atom. The predicted molar refractivity (Wildman–Crippen MR) is 53.4 cm³/mol. The molecule has 1 rings (SSSR count). The largest absolute Gasteiger partial charge is 0.364 e. The van der Waals surface area contributed by atoms with Crippen LogP contribution in [0.25, 0.3) is 0 Å². The van der Waals surface area contributed by atoms with Gasteiger partial charge in [-0.2, -0.15) is 0 Å². The Morgan fingerprint density at radius 1 is 1.77 bits per heavy atom. The zero-order valence-corrected chi connectivity index (χ0v) is 8.11. The molecule has 0 radical (unpaired) electrons. The van der Waals surface area contributed by atoms with Crippen molar-refractivity contribution in [2.45, 2.75) is 0 Å². The molecule has 0 aliphatic rings. The molecule has 0 aliphatic heterocycles. The maximum absolute atomic E-state index is 11.0.